The zero-order valence-electron chi connectivity index (χ0n) is 21.7. The second kappa shape index (κ2) is 9.60. The van der Waals surface area contributed by atoms with Crippen LogP contribution in [0.4, 0.5) is 0 Å². The van der Waals surface area contributed by atoms with Crippen LogP contribution in [0.1, 0.15) is 86.5 Å². The van der Waals surface area contributed by atoms with E-state index in [1.54, 1.807) is 0 Å². The molecular formula is C27H52N4. The molecule has 31 heavy (non-hydrogen) atoms. The topological polar surface area (TPSA) is 13.0 Å². The Morgan fingerprint density at radius 3 is 1.29 bits per heavy atom. The number of likely N-dealkylation sites (tertiary alicyclic amines) is 4. The van der Waals surface area contributed by atoms with Crippen LogP contribution in [-0.2, 0) is 0 Å². The van der Waals surface area contributed by atoms with E-state index in [0.717, 1.165) is 24.2 Å². The van der Waals surface area contributed by atoms with Gasteiger partial charge in [-0.05, 0) is 130 Å². The lowest BCUT2D eigenvalue weighted by molar-refractivity contribution is -0.0719. The summed E-state index contributed by atoms with van der Waals surface area (Å²) in [4.78, 5) is 11.0. The molecule has 0 aromatic rings. The molecule has 0 aromatic carbocycles. The van der Waals surface area contributed by atoms with Gasteiger partial charge in [-0.1, -0.05) is 0 Å². The van der Waals surface area contributed by atoms with E-state index in [9.17, 15) is 0 Å². The third kappa shape index (κ3) is 5.34. The van der Waals surface area contributed by atoms with Crippen molar-refractivity contribution in [1.29, 1.82) is 0 Å². The van der Waals surface area contributed by atoms with E-state index in [1.807, 2.05) is 0 Å². The predicted molar refractivity (Wildman–Crippen MR) is 133 cm³/mol. The molecule has 2 unspecified atom stereocenters. The molecule has 4 heterocycles. The van der Waals surface area contributed by atoms with Crippen LogP contribution >= 0.6 is 0 Å². The Balaban J connectivity index is 1.15. The lowest BCUT2D eigenvalue weighted by Crippen LogP contribution is -2.62. The van der Waals surface area contributed by atoms with Crippen LogP contribution in [0.25, 0.3) is 0 Å². The van der Waals surface area contributed by atoms with Crippen LogP contribution < -0.4 is 0 Å². The van der Waals surface area contributed by atoms with E-state index in [1.165, 1.54) is 97.3 Å². The lowest BCUT2D eigenvalue weighted by atomic mass is 9.71. The molecule has 0 N–H and O–H groups in total. The molecule has 4 fully saturated rings. The molecule has 4 heteroatoms. The van der Waals surface area contributed by atoms with E-state index >= 15 is 0 Å². The van der Waals surface area contributed by atoms with Crippen molar-refractivity contribution in [3.63, 3.8) is 0 Å². The maximum absolute atomic E-state index is 2.84. The summed E-state index contributed by atoms with van der Waals surface area (Å²) in [7, 11) is 0. The first-order valence-electron chi connectivity index (χ1n) is 13.7. The Kier molecular flexibility index (Phi) is 7.43. The van der Waals surface area contributed by atoms with E-state index in [4.69, 9.17) is 0 Å². The number of rotatable bonds is 7. The summed E-state index contributed by atoms with van der Waals surface area (Å²) in [6.07, 6.45) is 9.90. The molecule has 180 valence electrons. The summed E-state index contributed by atoms with van der Waals surface area (Å²) in [5.41, 5.74) is 1.30. The molecular weight excluding hydrogens is 380 g/mol. The smallest absolute Gasteiger partial charge is 0.00679 e. The molecule has 0 saturated carbocycles. The maximum Gasteiger partial charge on any atom is 0.00679 e. The summed E-state index contributed by atoms with van der Waals surface area (Å²) >= 11 is 0. The highest BCUT2D eigenvalue weighted by atomic mass is 15.3. The Hall–Kier alpha value is -0.160. The molecule has 4 nitrogen and oxygen atoms in total. The van der Waals surface area contributed by atoms with Crippen molar-refractivity contribution >= 4 is 0 Å². The third-order valence-corrected chi connectivity index (χ3v) is 9.97. The third-order valence-electron chi connectivity index (χ3n) is 9.97. The quantitative estimate of drug-likeness (QED) is 0.585. The Morgan fingerprint density at radius 2 is 0.839 bits per heavy atom. The standard InChI is InChI=1S/C27H52N4/c1-22(2)28-14-9-26(10-15-28)11-18-30(19-26)24(5)7-8-25(6)31-20-27(21-31)12-16-29(17-13-27)23(3)4/h22-25H,7-21H2,1-6H3. The average Bonchev–Trinajstić information content (AvgIpc) is 3.14. The summed E-state index contributed by atoms with van der Waals surface area (Å²) < 4.78 is 0. The Bertz CT molecular complexity index is 564. The lowest BCUT2D eigenvalue weighted by Gasteiger charge is -2.56. The zero-order valence-corrected chi connectivity index (χ0v) is 21.7. The van der Waals surface area contributed by atoms with Crippen molar-refractivity contribution in [3.05, 3.63) is 0 Å². The van der Waals surface area contributed by atoms with E-state index in [2.05, 4.69) is 61.1 Å². The molecule has 0 aromatic heterocycles. The highest BCUT2D eigenvalue weighted by Crippen LogP contribution is 2.43. The highest BCUT2D eigenvalue weighted by Gasteiger charge is 2.46. The first-order chi connectivity index (χ1) is 14.7. The van der Waals surface area contributed by atoms with Crippen LogP contribution in [0.15, 0.2) is 0 Å². The minimum atomic E-state index is 0.639. The molecule has 0 radical (unpaired) electrons. The van der Waals surface area contributed by atoms with Gasteiger partial charge in [0.05, 0.1) is 0 Å². The molecule has 2 spiro atoms. The van der Waals surface area contributed by atoms with Crippen LogP contribution in [0.2, 0.25) is 0 Å². The van der Waals surface area contributed by atoms with Crippen molar-refractivity contribution in [2.75, 3.05) is 52.4 Å². The monoisotopic (exact) mass is 432 g/mol. The van der Waals surface area contributed by atoms with E-state index in [-0.39, 0.29) is 0 Å². The highest BCUT2D eigenvalue weighted by molar-refractivity contribution is 5.00. The molecule has 4 aliphatic rings. The van der Waals surface area contributed by atoms with Crippen molar-refractivity contribution in [2.24, 2.45) is 10.8 Å². The fourth-order valence-electron chi connectivity index (χ4n) is 7.07. The zero-order chi connectivity index (χ0) is 22.2. The van der Waals surface area contributed by atoms with Crippen molar-refractivity contribution in [2.45, 2.75) is 111 Å². The van der Waals surface area contributed by atoms with Gasteiger partial charge in [-0.2, -0.15) is 0 Å². The predicted octanol–water partition coefficient (Wildman–Crippen LogP) is 4.55. The first-order valence-corrected chi connectivity index (χ1v) is 13.7. The fourth-order valence-corrected chi connectivity index (χ4v) is 7.07. The Morgan fingerprint density at radius 1 is 0.484 bits per heavy atom. The van der Waals surface area contributed by atoms with Crippen LogP contribution in [0, 0.1) is 10.8 Å². The van der Waals surface area contributed by atoms with Gasteiger partial charge in [0.2, 0.25) is 0 Å². The summed E-state index contributed by atoms with van der Waals surface area (Å²) in [5, 5.41) is 0. The molecule has 4 rings (SSSR count). The van der Waals surface area contributed by atoms with Crippen LogP contribution in [-0.4, -0.2) is 96.1 Å². The fraction of sp³-hybridized carbons (Fsp3) is 1.00. The molecule has 0 amide bonds. The van der Waals surface area contributed by atoms with Gasteiger partial charge in [0.15, 0.2) is 0 Å². The summed E-state index contributed by atoms with van der Waals surface area (Å²) in [6, 6.07) is 2.97. The van der Waals surface area contributed by atoms with Gasteiger partial charge in [0, 0.05) is 43.8 Å². The Labute approximate surface area is 193 Å². The minimum absolute atomic E-state index is 0.639. The van der Waals surface area contributed by atoms with Gasteiger partial charge >= 0.3 is 0 Å². The van der Waals surface area contributed by atoms with Gasteiger partial charge in [-0.15, -0.1) is 0 Å². The van der Waals surface area contributed by atoms with Crippen LogP contribution in [0.3, 0.4) is 0 Å². The SMILES string of the molecule is CC(C)N1CCC2(CC1)CCN(C(C)CCC(C)N1CC3(CCN(C(C)C)CC3)C1)C2. The van der Waals surface area contributed by atoms with Crippen molar-refractivity contribution in [3.8, 4) is 0 Å². The summed E-state index contributed by atoms with van der Waals surface area (Å²) in [6.45, 7) is 25.2. The molecule has 4 aliphatic heterocycles. The average molecular weight is 433 g/mol. The van der Waals surface area contributed by atoms with E-state index < -0.39 is 0 Å². The number of hydrogen-bond acceptors (Lipinski definition) is 4. The van der Waals surface area contributed by atoms with Crippen molar-refractivity contribution < 1.29 is 0 Å². The molecule has 2 atom stereocenters. The van der Waals surface area contributed by atoms with Gasteiger partial charge in [-0.25, -0.2) is 0 Å². The minimum Gasteiger partial charge on any atom is -0.301 e. The van der Waals surface area contributed by atoms with Crippen molar-refractivity contribution in [1.82, 2.24) is 19.6 Å². The van der Waals surface area contributed by atoms with Gasteiger partial charge < -0.3 is 14.7 Å². The van der Waals surface area contributed by atoms with Crippen LogP contribution in [0.5, 0.6) is 0 Å². The second-order valence-electron chi connectivity index (χ2n) is 12.7. The molecule has 0 aliphatic carbocycles. The van der Waals surface area contributed by atoms with E-state index in [0.29, 0.717) is 10.8 Å². The van der Waals surface area contributed by atoms with Gasteiger partial charge in [0.25, 0.3) is 0 Å². The molecule has 4 saturated heterocycles. The largest absolute Gasteiger partial charge is 0.301 e. The number of hydrogen-bond donors (Lipinski definition) is 0. The number of nitrogens with zero attached hydrogens (tertiary/aromatic N) is 4. The summed E-state index contributed by atoms with van der Waals surface area (Å²) in [5.74, 6) is 0. The number of piperidine rings is 2. The maximum atomic E-state index is 2.84. The normalized spacial score (nSPS) is 29.8. The second-order valence-corrected chi connectivity index (χ2v) is 12.7. The first kappa shape index (κ1) is 24.0. The molecule has 0 bridgehead atoms. The van der Waals surface area contributed by atoms with Gasteiger partial charge in [-0.3, -0.25) is 4.90 Å². The van der Waals surface area contributed by atoms with Gasteiger partial charge in [0.1, 0.15) is 0 Å².